The number of hydrogen-bond donors (Lipinski definition) is 1. The summed E-state index contributed by atoms with van der Waals surface area (Å²) in [6, 6.07) is 21.2. The zero-order valence-corrected chi connectivity index (χ0v) is 17.8. The van der Waals surface area contributed by atoms with Crippen LogP contribution in [0, 0.1) is 6.92 Å². The highest BCUT2D eigenvalue weighted by Crippen LogP contribution is 2.48. The molecule has 5 rings (SSSR count). The lowest BCUT2D eigenvalue weighted by Crippen LogP contribution is -2.44. The number of likely N-dealkylation sites (N-methyl/N-ethyl adjacent to an activating group) is 1. The van der Waals surface area contributed by atoms with E-state index in [9.17, 15) is 4.79 Å². The van der Waals surface area contributed by atoms with Crippen LogP contribution in [-0.4, -0.2) is 44.0 Å². The van der Waals surface area contributed by atoms with Gasteiger partial charge in [-0.15, -0.1) is 0 Å². The van der Waals surface area contributed by atoms with Gasteiger partial charge in [0.1, 0.15) is 0 Å². The van der Waals surface area contributed by atoms with Crippen LogP contribution in [0.4, 0.5) is 5.69 Å². The summed E-state index contributed by atoms with van der Waals surface area (Å²) in [6.07, 6.45) is 1.98. The van der Waals surface area contributed by atoms with Crippen molar-refractivity contribution in [3.05, 3.63) is 77.4 Å². The standard InChI is InChI=1S/C26H29N3O/c1-19-10-11-21(29-16-14-28(2)15-17-29)18-23(19)25(30)27-26(12-13-26)24-9-5-7-20-6-3-4-8-22(20)24/h3-11,18H,12-17H2,1-2H3,(H,27,30). The molecule has 3 aromatic carbocycles. The van der Waals surface area contributed by atoms with Crippen molar-refractivity contribution in [1.29, 1.82) is 0 Å². The summed E-state index contributed by atoms with van der Waals surface area (Å²) in [4.78, 5) is 18.1. The quantitative estimate of drug-likeness (QED) is 0.710. The third kappa shape index (κ3) is 3.46. The second kappa shape index (κ2) is 7.44. The SMILES string of the molecule is Cc1ccc(N2CCN(C)CC2)cc1C(=O)NC1(c2cccc3ccccc23)CC1. The molecule has 1 saturated carbocycles. The number of carbonyl (C=O) groups excluding carboxylic acids is 1. The van der Waals surface area contributed by atoms with Gasteiger partial charge in [0.15, 0.2) is 0 Å². The third-order valence-corrected chi connectivity index (χ3v) is 6.74. The maximum absolute atomic E-state index is 13.4. The van der Waals surface area contributed by atoms with Crippen LogP contribution in [0.25, 0.3) is 10.8 Å². The third-order valence-electron chi connectivity index (χ3n) is 6.74. The fourth-order valence-electron chi connectivity index (χ4n) is 4.63. The van der Waals surface area contributed by atoms with E-state index in [1.807, 2.05) is 6.92 Å². The molecule has 0 aromatic heterocycles. The first-order valence-electron chi connectivity index (χ1n) is 10.9. The van der Waals surface area contributed by atoms with Crippen LogP contribution in [0.3, 0.4) is 0 Å². The minimum atomic E-state index is -0.242. The normalized spacial score (nSPS) is 18.4. The Morgan fingerprint density at radius 1 is 0.933 bits per heavy atom. The van der Waals surface area contributed by atoms with E-state index in [-0.39, 0.29) is 11.4 Å². The van der Waals surface area contributed by atoms with Crippen molar-refractivity contribution in [1.82, 2.24) is 10.2 Å². The van der Waals surface area contributed by atoms with Crippen molar-refractivity contribution in [2.24, 2.45) is 0 Å². The first-order valence-corrected chi connectivity index (χ1v) is 10.9. The van der Waals surface area contributed by atoms with Crippen LogP contribution in [0.15, 0.2) is 60.7 Å². The number of nitrogens with zero attached hydrogens (tertiary/aromatic N) is 2. The highest BCUT2D eigenvalue weighted by atomic mass is 16.1. The van der Waals surface area contributed by atoms with Crippen LogP contribution in [0.1, 0.15) is 34.3 Å². The molecule has 1 aliphatic heterocycles. The number of fused-ring (bicyclic) bond motifs is 1. The van der Waals surface area contributed by atoms with E-state index in [1.54, 1.807) is 0 Å². The number of carbonyl (C=O) groups is 1. The maximum Gasteiger partial charge on any atom is 0.252 e. The van der Waals surface area contributed by atoms with Gasteiger partial charge in [-0.05, 0) is 60.8 Å². The van der Waals surface area contributed by atoms with E-state index >= 15 is 0 Å². The molecule has 154 valence electrons. The Hall–Kier alpha value is -2.85. The minimum Gasteiger partial charge on any atom is -0.369 e. The smallest absolute Gasteiger partial charge is 0.252 e. The molecule has 0 bridgehead atoms. The van der Waals surface area contributed by atoms with Crippen LogP contribution in [0.5, 0.6) is 0 Å². The van der Waals surface area contributed by atoms with Gasteiger partial charge in [0.05, 0.1) is 5.54 Å². The van der Waals surface area contributed by atoms with Crippen LogP contribution >= 0.6 is 0 Å². The number of benzene rings is 3. The van der Waals surface area contributed by atoms with Gasteiger partial charge in [-0.25, -0.2) is 0 Å². The van der Waals surface area contributed by atoms with Gasteiger partial charge in [0, 0.05) is 37.4 Å². The van der Waals surface area contributed by atoms with E-state index < -0.39 is 0 Å². The predicted molar refractivity (Wildman–Crippen MR) is 123 cm³/mol. The summed E-state index contributed by atoms with van der Waals surface area (Å²) in [5.41, 5.74) is 3.96. The van der Waals surface area contributed by atoms with E-state index in [1.165, 1.54) is 16.3 Å². The Morgan fingerprint density at radius 2 is 1.67 bits per heavy atom. The number of piperazine rings is 1. The lowest BCUT2D eigenvalue weighted by molar-refractivity contribution is 0.0930. The maximum atomic E-state index is 13.4. The molecule has 4 nitrogen and oxygen atoms in total. The van der Waals surface area contributed by atoms with Crippen molar-refractivity contribution >= 4 is 22.4 Å². The van der Waals surface area contributed by atoms with Gasteiger partial charge in [0.25, 0.3) is 5.91 Å². The molecule has 0 unspecified atom stereocenters. The minimum absolute atomic E-state index is 0.0360. The van der Waals surface area contributed by atoms with Gasteiger partial charge >= 0.3 is 0 Å². The lowest BCUT2D eigenvalue weighted by Gasteiger charge is -2.34. The molecular weight excluding hydrogens is 370 g/mol. The molecule has 1 heterocycles. The first-order chi connectivity index (χ1) is 14.6. The molecule has 30 heavy (non-hydrogen) atoms. The highest BCUT2D eigenvalue weighted by Gasteiger charge is 2.46. The molecule has 2 aliphatic rings. The monoisotopic (exact) mass is 399 g/mol. The van der Waals surface area contributed by atoms with Gasteiger partial charge in [-0.1, -0.05) is 48.5 Å². The summed E-state index contributed by atoms with van der Waals surface area (Å²) in [5.74, 6) is 0.0360. The van der Waals surface area contributed by atoms with Gasteiger partial charge in [0.2, 0.25) is 0 Å². The zero-order valence-electron chi connectivity index (χ0n) is 17.8. The van der Waals surface area contributed by atoms with Crippen molar-refractivity contribution in [3.63, 3.8) is 0 Å². The Bertz CT molecular complexity index is 1090. The van der Waals surface area contributed by atoms with Crippen LogP contribution in [-0.2, 0) is 5.54 Å². The highest BCUT2D eigenvalue weighted by molar-refractivity contribution is 5.98. The summed E-state index contributed by atoms with van der Waals surface area (Å²) in [6.45, 7) is 6.14. The number of aryl methyl sites for hydroxylation is 1. The first kappa shape index (κ1) is 19.1. The number of nitrogens with one attached hydrogen (secondary N) is 1. The van der Waals surface area contributed by atoms with E-state index in [4.69, 9.17) is 0 Å². The molecule has 2 fully saturated rings. The predicted octanol–water partition coefficient (Wildman–Crippen LogP) is 4.32. The van der Waals surface area contributed by atoms with Crippen LogP contribution < -0.4 is 10.2 Å². The molecule has 0 spiro atoms. The summed E-state index contributed by atoms with van der Waals surface area (Å²) in [5, 5.41) is 5.87. The van der Waals surface area contributed by atoms with Gasteiger partial charge in [-0.2, -0.15) is 0 Å². The van der Waals surface area contributed by atoms with Gasteiger partial charge < -0.3 is 15.1 Å². The Morgan fingerprint density at radius 3 is 2.43 bits per heavy atom. The molecule has 1 N–H and O–H groups in total. The number of amides is 1. The van der Waals surface area contributed by atoms with E-state index in [2.05, 4.69) is 82.8 Å². The molecule has 0 radical (unpaired) electrons. The summed E-state index contributed by atoms with van der Waals surface area (Å²) >= 11 is 0. The van der Waals surface area contributed by atoms with Gasteiger partial charge in [-0.3, -0.25) is 4.79 Å². The number of hydrogen-bond acceptors (Lipinski definition) is 3. The molecule has 1 amide bonds. The Kier molecular flexibility index (Phi) is 4.75. The molecular formula is C26H29N3O. The second-order valence-corrected chi connectivity index (χ2v) is 8.85. The van der Waals surface area contributed by atoms with Crippen molar-refractivity contribution in [2.75, 3.05) is 38.1 Å². The zero-order chi connectivity index (χ0) is 20.7. The largest absolute Gasteiger partial charge is 0.369 e. The number of anilines is 1. The molecule has 0 atom stereocenters. The Labute approximate surface area is 178 Å². The second-order valence-electron chi connectivity index (χ2n) is 8.85. The topological polar surface area (TPSA) is 35.6 Å². The summed E-state index contributed by atoms with van der Waals surface area (Å²) < 4.78 is 0. The average Bonchev–Trinajstić information content (AvgIpc) is 3.54. The van der Waals surface area contributed by atoms with Crippen molar-refractivity contribution < 1.29 is 4.79 Å². The van der Waals surface area contributed by atoms with Crippen molar-refractivity contribution in [3.8, 4) is 0 Å². The summed E-state index contributed by atoms with van der Waals surface area (Å²) in [7, 11) is 2.16. The van der Waals surface area contributed by atoms with Crippen LogP contribution in [0.2, 0.25) is 0 Å². The van der Waals surface area contributed by atoms with E-state index in [0.29, 0.717) is 0 Å². The lowest BCUT2D eigenvalue weighted by atomic mass is 9.96. The average molecular weight is 400 g/mol. The van der Waals surface area contributed by atoms with E-state index in [0.717, 1.165) is 55.8 Å². The number of rotatable bonds is 4. The fraction of sp³-hybridized carbons (Fsp3) is 0.346. The molecule has 4 heteroatoms. The Balaban J connectivity index is 1.42. The fourth-order valence-corrected chi connectivity index (χ4v) is 4.63. The molecule has 3 aromatic rings. The van der Waals surface area contributed by atoms with Crippen molar-refractivity contribution in [2.45, 2.75) is 25.3 Å². The molecule has 1 aliphatic carbocycles. The molecule has 1 saturated heterocycles.